The third kappa shape index (κ3) is 10.9. The molecule has 6 heteroatoms. The highest BCUT2D eigenvalue weighted by Crippen LogP contribution is 2.05. The molecule has 2 amide bonds. The first-order chi connectivity index (χ1) is 7.31. The molecule has 94 valence electrons. The molecule has 16 heavy (non-hydrogen) atoms. The van der Waals surface area contributed by atoms with Crippen molar-refractivity contribution >= 4 is 11.8 Å². The maximum absolute atomic E-state index is 11.2. The molecular weight excluding hydrogens is 212 g/mol. The Bertz CT molecular complexity index is 235. The molecule has 6 nitrogen and oxygen atoms in total. The molecule has 0 saturated carbocycles. The van der Waals surface area contributed by atoms with Gasteiger partial charge < -0.3 is 20.5 Å². The Morgan fingerprint density at radius 1 is 1.25 bits per heavy atom. The van der Waals surface area contributed by atoms with Crippen LogP contribution in [0.2, 0.25) is 0 Å². The van der Waals surface area contributed by atoms with Crippen molar-refractivity contribution in [2.45, 2.75) is 26.4 Å². The van der Waals surface area contributed by atoms with Crippen LogP contribution in [-0.4, -0.2) is 43.8 Å². The number of hydrogen-bond donors (Lipinski definition) is 2. The van der Waals surface area contributed by atoms with E-state index in [0.29, 0.717) is 6.54 Å². The average Bonchev–Trinajstić information content (AvgIpc) is 2.12. The van der Waals surface area contributed by atoms with Gasteiger partial charge >= 0.3 is 0 Å². The van der Waals surface area contributed by atoms with Crippen molar-refractivity contribution in [1.29, 1.82) is 0 Å². The van der Waals surface area contributed by atoms with Crippen LogP contribution in [0.4, 0.5) is 0 Å². The van der Waals surface area contributed by atoms with Crippen molar-refractivity contribution in [3.05, 3.63) is 0 Å². The summed E-state index contributed by atoms with van der Waals surface area (Å²) in [7, 11) is 0. The number of ether oxygens (including phenoxy) is 2. The number of amides is 2. The molecule has 0 unspecified atom stereocenters. The Hall–Kier alpha value is -1.14. The van der Waals surface area contributed by atoms with E-state index in [1.54, 1.807) is 0 Å². The highest BCUT2D eigenvalue weighted by molar-refractivity contribution is 5.77. The predicted octanol–water partition coefficient (Wildman–Crippen LogP) is -0.580. The number of hydrogen-bond acceptors (Lipinski definition) is 4. The second kappa shape index (κ2) is 7.19. The number of primary amides is 1. The Labute approximate surface area is 95.5 Å². The first-order valence-electron chi connectivity index (χ1n) is 5.08. The van der Waals surface area contributed by atoms with Crippen LogP contribution in [-0.2, 0) is 19.1 Å². The third-order valence-corrected chi connectivity index (χ3v) is 1.45. The Kier molecular flexibility index (Phi) is 6.67. The summed E-state index contributed by atoms with van der Waals surface area (Å²) >= 11 is 0. The van der Waals surface area contributed by atoms with Crippen LogP contribution < -0.4 is 11.1 Å². The molecule has 0 aromatic heterocycles. The lowest BCUT2D eigenvalue weighted by molar-refractivity contribution is -0.130. The van der Waals surface area contributed by atoms with Crippen molar-refractivity contribution in [2.75, 3.05) is 26.4 Å². The van der Waals surface area contributed by atoms with Gasteiger partial charge in [0.1, 0.15) is 13.2 Å². The monoisotopic (exact) mass is 232 g/mol. The zero-order valence-electron chi connectivity index (χ0n) is 10.0. The quantitative estimate of drug-likeness (QED) is 0.574. The maximum atomic E-state index is 11.2. The van der Waals surface area contributed by atoms with E-state index in [9.17, 15) is 9.59 Å². The molecule has 0 atom stereocenters. The van der Waals surface area contributed by atoms with Gasteiger partial charge in [-0.2, -0.15) is 0 Å². The summed E-state index contributed by atoms with van der Waals surface area (Å²) in [5.74, 6) is -0.736. The van der Waals surface area contributed by atoms with E-state index in [1.165, 1.54) is 0 Å². The molecule has 0 saturated heterocycles. The summed E-state index contributed by atoms with van der Waals surface area (Å²) < 4.78 is 10.1. The lowest BCUT2D eigenvalue weighted by Gasteiger charge is -2.18. The average molecular weight is 232 g/mol. The number of carbonyl (C=O) groups excluding carboxylic acids is 2. The van der Waals surface area contributed by atoms with Crippen molar-refractivity contribution < 1.29 is 19.1 Å². The number of nitrogens with two attached hydrogens (primary N) is 1. The lowest BCUT2D eigenvalue weighted by atomic mass is 10.2. The number of carbonyl (C=O) groups is 2. The molecule has 0 spiro atoms. The predicted molar refractivity (Wildman–Crippen MR) is 58.7 cm³/mol. The molecular formula is C10H20N2O4. The van der Waals surface area contributed by atoms with Gasteiger partial charge in [-0.15, -0.1) is 0 Å². The van der Waals surface area contributed by atoms with E-state index < -0.39 is 5.91 Å². The SMILES string of the molecule is CC(C)(C)OCC(=O)NCCOCC(N)=O. The van der Waals surface area contributed by atoms with Crippen molar-refractivity contribution in [1.82, 2.24) is 5.32 Å². The van der Waals surface area contributed by atoms with Crippen molar-refractivity contribution in [3.8, 4) is 0 Å². The maximum Gasteiger partial charge on any atom is 0.246 e. The summed E-state index contributed by atoms with van der Waals surface area (Å²) in [5.41, 5.74) is 4.53. The van der Waals surface area contributed by atoms with Gasteiger partial charge in [0.15, 0.2) is 0 Å². The molecule has 0 radical (unpaired) electrons. The molecule has 0 rings (SSSR count). The van der Waals surface area contributed by atoms with Crippen LogP contribution in [0.3, 0.4) is 0 Å². The van der Waals surface area contributed by atoms with Gasteiger partial charge in [0.05, 0.1) is 12.2 Å². The van der Waals surface area contributed by atoms with Gasteiger partial charge in [0.2, 0.25) is 11.8 Å². The van der Waals surface area contributed by atoms with Crippen LogP contribution in [0.5, 0.6) is 0 Å². The molecule has 0 aromatic rings. The van der Waals surface area contributed by atoms with Crippen LogP contribution in [0.1, 0.15) is 20.8 Å². The van der Waals surface area contributed by atoms with E-state index in [2.05, 4.69) is 5.32 Å². The summed E-state index contributed by atoms with van der Waals surface area (Å²) in [6.07, 6.45) is 0. The Balaban J connectivity index is 3.41. The summed E-state index contributed by atoms with van der Waals surface area (Å²) in [5, 5.41) is 2.59. The van der Waals surface area contributed by atoms with E-state index in [-0.39, 0.29) is 31.3 Å². The highest BCUT2D eigenvalue weighted by Gasteiger charge is 2.12. The van der Waals surface area contributed by atoms with Crippen LogP contribution in [0.15, 0.2) is 0 Å². The standard InChI is InChI=1S/C10H20N2O4/c1-10(2,3)16-7-9(14)12-4-5-15-6-8(11)13/h4-7H2,1-3H3,(H2,11,13)(H,12,14). The largest absolute Gasteiger partial charge is 0.370 e. The number of rotatable bonds is 7. The highest BCUT2D eigenvalue weighted by atomic mass is 16.5. The van der Waals surface area contributed by atoms with Crippen molar-refractivity contribution in [2.24, 2.45) is 5.73 Å². The molecule has 0 aliphatic carbocycles. The number of nitrogens with one attached hydrogen (secondary N) is 1. The van der Waals surface area contributed by atoms with Gasteiger partial charge in [0, 0.05) is 6.54 Å². The second-order valence-electron chi connectivity index (χ2n) is 4.27. The summed E-state index contributed by atoms with van der Waals surface area (Å²) in [4.78, 5) is 21.5. The topological polar surface area (TPSA) is 90.7 Å². The second-order valence-corrected chi connectivity index (χ2v) is 4.27. The molecule has 0 aliphatic rings. The van der Waals surface area contributed by atoms with Crippen LogP contribution in [0, 0.1) is 0 Å². The smallest absolute Gasteiger partial charge is 0.246 e. The minimum atomic E-state index is -0.526. The molecule has 0 heterocycles. The summed E-state index contributed by atoms with van der Waals surface area (Å²) in [6.45, 7) is 6.08. The van der Waals surface area contributed by atoms with E-state index in [4.69, 9.17) is 15.2 Å². The molecule has 0 fully saturated rings. The van der Waals surface area contributed by atoms with Crippen LogP contribution in [0.25, 0.3) is 0 Å². The van der Waals surface area contributed by atoms with Crippen LogP contribution >= 0.6 is 0 Å². The van der Waals surface area contributed by atoms with Gasteiger partial charge in [0.25, 0.3) is 0 Å². The lowest BCUT2D eigenvalue weighted by Crippen LogP contribution is -2.34. The molecule has 0 bridgehead atoms. The van der Waals surface area contributed by atoms with E-state index in [1.807, 2.05) is 20.8 Å². The zero-order valence-corrected chi connectivity index (χ0v) is 10.0. The fourth-order valence-corrected chi connectivity index (χ4v) is 0.768. The third-order valence-electron chi connectivity index (χ3n) is 1.45. The van der Waals surface area contributed by atoms with Gasteiger partial charge in [-0.1, -0.05) is 0 Å². The summed E-state index contributed by atoms with van der Waals surface area (Å²) in [6, 6.07) is 0. The minimum absolute atomic E-state index is 0.0132. The fraction of sp³-hybridized carbons (Fsp3) is 0.800. The fourth-order valence-electron chi connectivity index (χ4n) is 0.768. The minimum Gasteiger partial charge on any atom is -0.370 e. The normalized spacial score (nSPS) is 11.2. The van der Waals surface area contributed by atoms with E-state index >= 15 is 0 Å². The molecule has 0 aromatic carbocycles. The molecule has 3 N–H and O–H groups in total. The first kappa shape index (κ1) is 14.9. The Morgan fingerprint density at radius 3 is 2.38 bits per heavy atom. The Morgan fingerprint density at radius 2 is 1.88 bits per heavy atom. The molecule has 0 aliphatic heterocycles. The van der Waals surface area contributed by atoms with Gasteiger partial charge in [-0.3, -0.25) is 9.59 Å². The van der Waals surface area contributed by atoms with E-state index in [0.717, 1.165) is 0 Å². The van der Waals surface area contributed by atoms with Gasteiger partial charge in [-0.25, -0.2) is 0 Å². The van der Waals surface area contributed by atoms with Crippen molar-refractivity contribution in [3.63, 3.8) is 0 Å². The van der Waals surface area contributed by atoms with Gasteiger partial charge in [-0.05, 0) is 20.8 Å². The first-order valence-corrected chi connectivity index (χ1v) is 5.08. The zero-order chi connectivity index (χ0) is 12.6.